The third-order valence-corrected chi connectivity index (χ3v) is 6.64. The molecule has 0 aromatic heterocycles. The van der Waals surface area contributed by atoms with Crippen molar-refractivity contribution in [3.8, 4) is 0 Å². The first-order chi connectivity index (χ1) is 33.5. The zero-order valence-electron chi connectivity index (χ0n) is 44.8. The Kier molecular flexibility index (Phi) is 61.2. The Balaban J connectivity index is -0.000000182. The van der Waals surface area contributed by atoms with E-state index in [0.29, 0.717) is 52.7 Å². The Hall–Kier alpha value is -6.40. The highest BCUT2D eigenvalue weighted by Crippen LogP contribution is 2.01. The molecule has 0 aliphatic rings. The maximum atomic E-state index is 10.4. The molecule has 0 radical (unpaired) electrons. The highest BCUT2D eigenvalue weighted by molar-refractivity contribution is 5.69. The van der Waals surface area contributed by atoms with E-state index in [4.69, 9.17) is 18.9 Å². The normalized spacial score (nSPS) is 10.1. The van der Waals surface area contributed by atoms with E-state index in [-0.39, 0.29) is 117 Å². The van der Waals surface area contributed by atoms with Crippen LogP contribution >= 0.6 is 0 Å². The van der Waals surface area contributed by atoms with Crippen molar-refractivity contribution in [2.24, 2.45) is 0 Å². The van der Waals surface area contributed by atoms with Gasteiger partial charge in [-0.05, 0) is 52.4 Å². The lowest BCUT2D eigenvalue weighted by atomic mass is 10.2. The van der Waals surface area contributed by atoms with Gasteiger partial charge in [-0.15, -0.1) is 0 Å². The van der Waals surface area contributed by atoms with E-state index in [1.54, 1.807) is 13.8 Å². The largest absolute Gasteiger partial charge is 0.466 e. The summed E-state index contributed by atoms with van der Waals surface area (Å²) in [5.41, 5.74) is 0. The molecule has 0 amide bonds. The molecule has 0 spiro atoms. The topological polar surface area (TPSA) is 325 Å². The molecule has 25 heteroatoms. The first-order valence-corrected chi connectivity index (χ1v) is 22.8. The quantitative estimate of drug-likeness (QED) is 0.0602. The average Bonchev–Trinajstić information content (AvgIpc) is 3.23. The van der Waals surface area contributed by atoms with E-state index in [0.717, 1.165) is 38.5 Å². The van der Waals surface area contributed by atoms with E-state index in [1.165, 1.54) is 83.1 Å². The summed E-state index contributed by atoms with van der Waals surface area (Å²) in [7, 11) is 0. The molecular weight excluding hydrogens is 964 g/mol. The minimum absolute atomic E-state index is 0.120. The Morgan fingerprint density at radius 3 is 0.736 bits per heavy atom. The molecule has 0 bridgehead atoms. The molecule has 2 unspecified atom stereocenters. The van der Waals surface area contributed by atoms with Crippen molar-refractivity contribution in [2.75, 3.05) is 79.3 Å². The number of ether oxygens (including phenoxy) is 13. The van der Waals surface area contributed by atoms with E-state index in [2.05, 4.69) is 42.6 Å². The van der Waals surface area contributed by atoms with E-state index in [1.807, 2.05) is 0 Å². The summed E-state index contributed by atoms with van der Waals surface area (Å²) in [6, 6.07) is 0. The molecule has 0 rings (SSSR count). The van der Waals surface area contributed by atoms with Crippen LogP contribution in [0.3, 0.4) is 0 Å². The van der Waals surface area contributed by atoms with Crippen LogP contribution in [0.1, 0.15) is 142 Å². The van der Waals surface area contributed by atoms with Gasteiger partial charge in [0.2, 0.25) is 0 Å². The summed E-state index contributed by atoms with van der Waals surface area (Å²) >= 11 is 0. The molecule has 0 saturated heterocycles. The van der Waals surface area contributed by atoms with Crippen LogP contribution in [0.5, 0.6) is 0 Å². The van der Waals surface area contributed by atoms with Crippen molar-refractivity contribution >= 4 is 71.6 Å². The molecule has 0 aromatic carbocycles. The van der Waals surface area contributed by atoms with E-state index in [9.17, 15) is 57.5 Å². The Labute approximate surface area is 423 Å². The molecule has 0 aliphatic carbocycles. The first-order valence-electron chi connectivity index (χ1n) is 22.8. The molecule has 25 nitrogen and oxygen atoms in total. The van der Waals surface area contributed by atoms with Gasteiger partial charge in [-0.2, -0.15) is 0 Å². The van der Waals surface area contributed by atoms with Gasteiger partial charge in [0.15, 0.2) is 0 Å². The number of unbranched alkanes of at least 4 members (excludes halogenated alkanes) is 4. The summed E-state index contributed by atoms with van der Waals surface area (Å²) in [5.74, 6) is -3.78. The smallest absolute Gasteiger partial charge is 0.303 e. The average molecular weight is 1050 g/mol. The molecule has 0 heterocycles. The molecule has 0 saturated carbocycles. The lowest BCUT2D eigenvalue weighted by molar-refractivity contribution is -0.155. The third kappa shape index (κ3) is 101. The van der Waals surface area contributed by atoms with Crippen LogP contribution in [0.25, 0.3) is 0 Å². The van der Waals surface area contributed by atoms with Crippen molar-refractivity contribution in [1.82, 2.24) is 0 Å². The van der Waals surface area contributed by atoms with Gasteiger partial charge in [0.1, 0.15) is 45.2 Å². The second kappa shape index (κ2) is 57.2. The van der Waals surface area contributed by atoms with Gasteiger partial charge in [-0.1, -0.05) is 0 Å². The maximum absolute atomic E-state index is 10.4. The van der Waals surface area contributed by atoms with E-state index >= 15 is 0 Å². The number of carbonyl (C=O) groups excluding carboxylic acids is 12. The van der Waals surface area contributed by atoms with Gasteiger partial charge >= 0.3 is 71.6 Å². The fourth-order valence-corrected chi connectivity index (χ4v) is 3.85. The van der Waals surface area contributed by atoms with Gasteiger partial charge in [0, 0.05) is 89.5 Å². The highest BCUT2D eigenvalue weighted by Gasteiger charge is 2.07. The molecule has 420 valence electrons. The molecule has 0 fully saturated rings. The van der Waals surface area contributed by atoms with Crippen LogP contribution in [0, 0.1) is 0 Å². The van der Waals surface area contributed by atoms with Crippen molar-refractivity contribution in [3.63, 3.8) is 0 Å². The zero-order valence-corrected chi connectivity index (χ0v) is 44.8. The Morgan fingerprint density at radius 2 is 0.472 bits per heavy atom. The van der Waals surface area contributed by atoms with Crippen molar-refractivity contribution in [1.29, 1.82) is 0 Å². The van der Waals surface area contributed by atoms with Crippen molar-refractivity contribution in [2.45, 2.75) is 154 Å². The molecule has 2 atom stereocenters. The van der Waals surface area contributed by atoms with Crippen molar-refractivity contribution in [3.05, 3.63) is 0 Å². The number of hydrogen-bond acceptors (Lipinski definition) is 25. The van der Waals surface area contributed by atoms with Crippen LogP contribution in [-0.2, 0) is 119 Å². The lowest BCUT2D eigenvalue weighted by Crippen LogP contribution is -2.19. The summed E-state index contributed by atoms with van der Waals surface area (Å²) in [5, 5.41) is 0. The van der Waals surface area contributed by atoms with Gasteiger partial charge in [-0.3, -0.25) is 57.5 Å². The summed E-state index contributed by atoms with van der Waals surface area (Å²) in [4.78, 5) is 123. The minimum atomic E-state index is -0.371. The summed E-state index contributed by atoms with van der Waals surface area (Å²) in [6.07, 6.45) is 5.18. The second-order valence-corrected chi connectivity index (χ2v) is 14.2. The van der Waals surface area contributed by atoms with Crippen LogP contribution in [0.4, 0.5) is 0 Å². The fraction of sp³-hybridized carbons (Fsp3) is 0.745. The van der Waals surface area contributed by atoms with Crippen LogP contribution in [-0.4, -0.2) is 163 Å². The molecular formula is C47H82O25. The Bertz CT molecular complexity index is 1440. The number of esters is 12. The van der Waals surface area contributed by atoms with Gasteiger partial charge in [0.05, 0.1) is 46.2 Å². The van der Waals surface area contributed by atoms with Gasteiger partial charge < -0.3 is 61.6 Å². The summed E-state index contributed by atoms with van der Waals surface area (Å²) in [6.45, 7) is 23.1. The zero-order chi connectivity index (χ0) is 56.7. The Morgan fingerprint density at radius 1 is 0.250 bits per heavy atom. The number of hydrogen-bond donors (Lipinski definition) is 0. The lowest BCUT2D eigenvalue weighted by Gasteiger charge is -2.10. The first kappa shape index (κ1) is 77.1. The standard InChI is InChI=1S/C10H18O4.C8H14O5.2C8H14O4.C7H12O4.C6H10O4/c1-9(11)13-7-5-3-4-6-8-14-10(2)12;1-7(9)12-5-3-11-4-6-13-8(2)10;1-6(12-8(3)10)4-5-11-7(2)9;1-7(9)11-5-3-4-6-12-8(2)10;1-5(11-7(3)9)4-10-6(2)8;1-5(7)9-3-4-10-6(2)8/h3-8H2,1-2H3;3-6H2,1-2H3;6H,4-5H2,1-3H3;3-6H2,1-2H3;5H,4H2,1-3H3;3-4H2,1-2H3. The minimum Gasteiger partial charge on any atom is -0.466 e. The second-order valence-electron chi connectivity index (χ2n) is 14.2. The monoisotopic (exact) mass is 1050 g/mol. The molecule has 0 N–H and O–H groups in total. The predicted molar refractivity (Wildman–Crippen MR) is 252 cm³/mol. The number of rotatable bonds is 28. The molecule has 0 aliphatic heterocycles. The molecule has 72 heavy (non-hydrogen) atoms. The SMILES string of the molecule is CC(=O)OCC(C)OC(C)=O.CC(=O)OCCC(C)OC(C)=O.CC(=O)OCCCCCCOC(C)=O.CC(=O)OCCCCOC(C)=O.CC(=O)OCCOC(C)=O.CC(=O)OCCOCCOC(C)=O. The third-order valence-electron chi connectivity index (χ3n) is 6.64. The maximum Gasteiger partial charge on any atom is 0.303 e. The van der Waals surface area contributed by atoms with E-state index < -0.39 is 0 Å². The summed E-state index contributed by atoms with van der Waals surface area (Å²) < 4.78 is 60.7. The van der Waals surface area contributed by atoms with Crippen molar-refractivity contribution < 1.29 is 119 Å². The van der Waals surface area contributed by atoms with Gasteiger partial charge in [-0.25, -0.2) is 0 Å². The molecule has 0 aromatic rings. The predicted octanol–water partition coefficient (Wildman–Crippen LogP) is 4.20. The van der Waals surface area contributed by atoms with Crippen LogP contribution in [0.2, 0.25) is 0 Å². The van der Waals surface area contributed by atoms with Gasteiger partial charge in [0.25, 0.3) is 0 Å². The number of carbonyl (C=O) groups is 12. The fourth-order valence-electron chi connectivity index (χ4n) is 3.85. The highest BCUT2D eigenvalue weighted by atomic mass is 16.6. The van der Waals surface area contributed by atoms with Crippen LogP contribution in [0.15, 0.2) is 0 Å². The van der Waals surface area contributed by atoms with Crippen LogP contribution < -0.4 is 0 Å².